The largest absolute Gasteiger partial charge is 0.462 e. The molecular weight excluding hydrogens is 354 g/mol. The third kappa shape index (κ3) is 4.12. The molecule has 2 aliphatic carbocycles. The van der Waals surface area contributed by atoms with Crippen molar-refractivity contribution in [1.82, 2.24) is 5.43 Å². The Labute approximate surface area is 156 Å². The normalized spacial score (nSPS) is 16.0. The maximum Gasteiger partial charge on any atom is 0.341 e. The zero-order valence-corrected chi connectivity index (χ0v) is 15.7. The summed E-state index contributed by atoms with van der Waals surface area (Å²) in [6.45, 7) is 2.00. The molecule has 140 valence electrons. The second-order valence-corrected chi connectivity index (χ2v) is 7.52. The van der Waals surface area contributed by atoms with Crippen LogP contribution in [0.25, 0.3) is 0 Å². The number of nitrogens with zero attached hydrogens (tertiary/aromatic N) is 1. The Morgan fingerprint density at radius 3 is 2.54 bits per heavy atom. The van der Waals surface area contributed by atoms with E-state index < -0.39 is 17.8 Å². The number of nitrogens with one attached hydrogen (secondary N) is 2. The highest BCUT2D eigenvalue weighted by molar-refractivity contribution is 7.17. The van der Waals surface area contributed by atoms with E-state index in [0.29, 0.717) is 10.6 Å². The fourth-order valence-corrected chi connectivity index (χ4v) is 4.60. The van der Waals surface area contributed by atoms with E-state index in [1.807, 2.05) is 0 Å². The van der Waals surface area contributed by atoms with Gasteiger partial charge in [0, 0.05) is 10.6 Å². The molecule has 0 aromatic carbocycles. The Kier molecular flexibility index (Phi) is 6.03. The lowest BCUT2D eigenvalue weighted by Gasteiger charge is -2.12. The molecule has 1 saturated carbocycles. The summed E-state index contributed by atoms with van der Waals surface area (Å²) in [6, 6.07) is 0. The van der Waals surface area contributed by atoms with Crippen LogP contribution in [0.5, 0.6) is 0 Å². The third-order valence-corrected chi connectivity index (χ3v) is 5.79. The summed E-state index contributed by atoms with van der Waals surface area (Å²) < 4.78 is 5.12. The molecule has 2 N–H and O–H groups in total. The van der Waals surface area contributed by atoms with Crippen molar-refractivity contribution in [2.45, 2.75) is 58.3 Å². The van der Waals surface area contributed by atoms with E-state index in [2.05, 4.69) is 15.8 Å². The predicted octanol–water partition coefficient (Wildman–Crippen LogP) is 2.79. The van der Waals surface area contributed by atoms with Crippen LogP contribution in [0.3, 0.4) is 0 Å². The summed E-state index contributed by atoms with van der Waals surface area (Å²) in [5.41, 5.74) is 4.57. The predicted molar refractivity (Wildman–Crippen MR) is 99.6 cm³/mol. The van der Waals surface area contributed by atoms with Gasteiger partial charge >= 0.3 is 17.8 Å². The number of carbonyl (C=O) groups excluding carboxylic acids is 3. The Morgan fingerprint density at radius 1 is 1.04 bits per heavy atom. The zero-order chi connectivity index (χ0) is 18.5. The summed E-state index contributed by atoms with van der Waals surface area (Å²) in [7, 11) is 0. The van der Waals surface area contributed by atoms with Gasteiger partial charge in [0.15, 0.2) is 0 Å². The molecule has 1 heterocycles. The van der Waals surface area contributed by atoms with E-state index in [-0.39, 0.29) is 6.61 Å². The second-order valence-electron chi connectivity index (χ2n) is 6.42. The first-order chi connectivity index (χ1) is 12.6. The number of amides is 2. The average molecular weight is 377 g/mol. The van der Waals surface area contributed by atoms with Crippen molar-refractivity contribution in [3.63, 3.8) is 0 Å². The molecule has 0 saturated heterocycles. The SMILES string of the molecule is CCOC(=O)c1c(NC(=O)C(=O)NN=C2CCCCC2)sc2c1CCC2. The minimum absolute atomic E-state index is 0.259. The molecular formula is C18H23N3O4S. The molecule has 1 aromatic heterocycles. The van der Waals surface area contributed by atoms with Crippen molar-refractivity contribution in [2.24, 2.45) is 5.10 Å². The van der Waals surface area contributed by atoms with Gasteiger partial charge in [0.25, 0.3) is 0 Å². The van der Waals surface area contributed by atoms with Crippen molar-refractivity contribution >= 4 is 39.8 Å². The Balaban J connectivity index is 1.69. The molecule has 0 aliphatic heterocycles. The lowest BCUT2D eigenvalue weighted by Crippen LogP contribution is -2.33. The van der Waals surface area contributed by atoms with Crippen molar-refractivity contribution in [1.29, 1.82) is 0 Å². The summed E-state index contributed by atoms with van der Waals surface area (Å²) in [5, 5.41) is 7.00. The van der Waals surface area contributed by atoms with Crippen LogP contribution in [0, 0.1) is 0 Å². The minimum atomic E-state index is -0.827. The van der Waals surface area contributed by atoms with E-state index >= 15 is 0 Å². The minimum Gasteiger partial charge on any atom is -0.462 e. The summed E-state index contributed by atoms with van der Waals surface area (Å²) in [6.07, 6.45) is 7.65. The van der Waals surface area contributed by atoms with Crippen molar-refractivity contribution in [2.75, 3.05) is 11.9 Å². The van der Waals surface area contributed by atoms with Crippen LogP contribution in [0.4, 0.5) is 5.00 Å². The molecule has 0 unspecified atom stereocenters. The van der Waals surface area contributed by atoms with E-state index in [4.69, 9.17) is 4.74 Å². The van der Waals surface area contributed by atoms with Gasteiger partial charge in [-0.15, -0.1) is 11.3 Å². The first-order valence-corrected chi connectivity index (χ1v) is 9.90. The quantitative estimate of drug-likeness (QED) is 0.479. The first-order valence-electron chi connectivity index (χ1n) is 9.08. The molecule has 0 atom stereocenters. The van der Waals surface area contributed by atoms with Crippen LogP contribution in [0.15, 0.2) is 5.10 Å². The van der Waals surface area contributed by atoms with Crippen LogP contribution in [0.1, 0.15) is 66.2 Å². The summed E-state index contributed by atoms with van der Waals surface area (Å²) in [5.74, 6) is -2.10. The topological polar surface area (TPSA) is 96.9 Å². The lowest BCUT2D eigenvalue weighted by atomic mass is 9.99. The second kappa shape index (κ2) is 8.44. The molecule has 2 amide bonds. The van der Waals surface area contributed by atoms with Crippen LogP contribution < -0.4 is 10.7 Å². The van der Waals surface area contributed by atoms with Crippen LogP contribution in [-0.2, 0) is 27.2 Å². The van der Waals surface area contributed by atoms with Gasteiger partial charge in [-0.3, -0.25) is 9.59 Å². The van der Waals surface area contributed by atoms with Gasteiger partial charge in [0.2, 0.25) is 0 Å². The monoisotopic (exact) mass is 377 g/mol. The zero-order valence-electron chi connectivity index (χ0n) is 14.9. The van der Waals surface area contributed by atoms with Crippen LogP contribution >= 0.6 is 11.3 Å². The molecule has 8 heteroatoms. The highest BCUT2D eigenvalue weighted by Gasteiger charge is 2.29. The Morgan fingerprint density at radius 2 is 1.81 bits per heavy atom. The van der Waals surface area contributed by atoms with Gasteiger partial charge in [0.05, 0.1) is 12.2 Å². The van der Waals surface area contributed by atoms with E-state index in [9.17, 15) is 14.4 Å². The summed E-state index contributed by atoms with van der Waals surface area (Å²) in [4.78, 5) is 37.6. The molecule has 1 fully saturated rings. The van der Waals surface area contributed by atoms with Gasteiger partial charge in [-0.05, 0) is 57.4 Å². The molecule has 26 heavy (non-hydrogen) atoms. The first kappa shape index (κ1) is 18.6. The number of hydrogen-bond acceptors (Lipinski definition) is 6. The standard InChI is InChI=1S/C18H23N3O4S/c1-2-25-18(24)14-12-9-6-10-13(12)26-17(14)19-15(22)16(23)21-20-11-7-4-3-5-8-11/h2-10H2,1H3,(H,19,22)(H,21,23). The highest BCUT2D eigenvalue weighted by atomic mass is 32.1. The smallest absolute Gasteiger partial charge is 0.341 e. The average Bonchev–Trinajstić information content (AvgIpc) is 3.21. The van der Waals surface area contributed by atoms with E-state index in [1.165, 1.54) is 17.8 Å². The lowest BCUT2D eigenvalue weighted by molar-refractivity contribution is -0.136. The third-order valence-electron chi connectivity index (χ3n) is 4.58. The number of hydrazone groups is 1. The van der Waals surface area contributed by atoms with Crippen molar-refractivity contribution in [3.8, 4) is 0 Å². The van der Waals surface area contributed by atoms with Gasteiger partial charge in [0.1, 0.15) is 5.00 Å². The number of carbonyl (C=O) groups is 3. The number of ether oxygens (including phenoxy) is 1. The molecule has 2 aliphatic rings. The van der Waals surface area contributed by atoms with Crippen LogP contribution in [0.2, 0.25) is 0 Å². The number of rotatable bonds is 4. The number of aryl methyl sites for hydroxylation is 1. The van der Waals surface area contributed by atoms with Crippen molar-refractivity contribution < 1.29 is 19.1 Å². The van der Waals surface area contributed by atoms with Gasteiger partial charge < -0.3 is 10.1 Å². The molecule has 0 spiro atoms. The number of thiophene rings is 1. The maximum absolute atomic E-state index is 12.3. The van der Waals surface area contributed by atoms with E-state index in [1.54, 1.807) is 6.92 Å². The Bertz CT molecular complexity index is 746. The van der Waals surface area contributed by atoms with Gasteiger partial charge in [-0.25, -0.2) is 10.2 Å². The van der Waals surface area contributed by atoms with Gasteiger partial charge in [-0.1, -0.05) is 6.42 Å². The molecule has 1 aromatic rings. The molecule has 3 rings (SSSR count). The summed E-state index contributed by atoms with van der Waals surface area (Å²) >= 11 is 1.35. The number of anilines is 1. The molecule has 7 nitrogen and oxygen atoms in total. The van der Waals surface area contributed by atoms with E-state index in [0.717, 1.165) is 61.1 Å². The number of esters is 1. The number of hydrogen-bond donors (Lipinski definition) is 2. The number of fused-ring (bicyclic) bond motifs is 1. The Hall–Kier alpha value is -2.22. The van der Waals surface area contributed by atoms with Gasteiger partial charge in [-0.2, -0.15) is 5.10 Å². The fraction of sp³-hybridized carbons (Fsp3) is 0.556. The van der Waals surface area contributed by atoms with Crippen LogP contribution in [-0.4, -0.2) is 30.1 Å². The fourth-order valence-electron chi connectivity index (χ4n) is 3.32. The molecule has 0 radical (unpaired) electrons. The highest BCUT2D eigenvalue weighted by Crippen LogP contribution is 2.39. The molecule has 0 bridgehead atoms. The maximum atomic E-state index is 12.3. The van der Waals surface area contributed by atoms with Crippen molar-refractivity contribution in [3.05, 3.63) is 16.0 Å².